The van der Waals surface area contributed by atoms with Crippen LogP contribution in [0.15, 0.2) is 0 Å². The number of likely N-dealkylation sites (N-methyl/N-ethyl adjacent to an activating group) is 1. The summed E-state index contributed by atoms with van der Waals surface area (Å²) in [5, 5.41) is 0.570. The zero-order chi connectivity index (χ0) is 12.6. The molecule has 1 atom stereocenters. The summed E-state index contributed by atoms with van der Waals surface area (Å²) >= 11 is 6.11. The van der Waals surface area contributed by atoms with Crippen LogP contribution in [0.1, 0.15) is 17.8 Å². The third-order valence-electron chi connectivity index (χ3n) is 3.37. The maximum atomic E-state index is 6.11. The van der Waals surface area contributed by atoms with Crippen LogP contribution in [0.2, 0.25) is 5.15 Å². The van der Waals surface area contributed by atoms with E-state index in [-0.39, 0.29) is 0 Å². The van der Waals surface area contributed by atoms with Crippen molar-refractivity contribution in [2.24, 2.45) is 0 Å². The van der Waals surface area contributed by atoms with E-state index >= 15 is 0 Å². The largest absolute Gasteiger partial charge is 0.355 e. The number of aryl methyl sites for hydroxylation is 1. The van der Waals surface area contributed by atoms with Crippen molar-refractivity contribution in [3.63, 3.8) is 0 Å². The van der Waals surface area contributed by atoms with E-state index in [1.165, 1.54) is 6.42 Å². The summed E-state index contributed by atoms with van der Waals surface area (Å²) in [4.78, 5) is 13.3. The summed E-state index contributed by atoms with van der Waals surface area (Å²) in [6.07, 6.45) is 1.17. The highest BCUT2D eigenvalue weighted by Crippen LogP contribution is 2.27. The highest BCUT2D eigenvalue weighted by molar-refractivity contribution is 6.30. The molecular weight excluding hydrogens is 236 g/mol. The number of nitrogens with zero attached hydrogens (tertiary/aromatic N) is 4. The first kappa shape index (κ1) is 12.6. The Bertz CT molecular complexity index is 419. The minimum atomic E-state index is 0.570. The van der Waals surface area contributed by atoms with Crippen LogP contribution in [0, 0.1) is 13.8 Å². The van der Waals surface area contributed by atoms with E-state index in [0.29, 0.717) is 11.2 Å². The van der Waals surface area contributed by atoms with Gasteiger partial charge in [0, 0.05) is 24.7 Å². The first-order valence-corrected chi connectivity index (χ1v) is 6.29. The van der Waals surface area contributed by atoms with Gasteiger partial charge in [-0.2, -0.15) is 0 Å². The molecule has 2 heterocycles. The Hall–Kier alpha value is -0.870. The second-order valence-electron chi connectivity index (χ2n) is 4.86. The molecule has 0 N–H and O–H groups in total. The van der Waals surface area contributed by atoms with Crippen molar-refractivity contribution < 1.29 is 0 Å². The minimum Gasteiger partial charge on any atom is -0.355 e. The molecule has 1 aromatic heterocycles. The minimum absolute atomic E-state index is 0.570. The van der Waals surface area contributed by atoms with Crippen molar-refractivity contribution in [1.29, 1.82) is 0 Å². The van der Waals surface area contributed by atoms with Gasteiger partial charge in [0.05, 0.1) is 0 Å². The van der Waals surface area contributed by atoms with E-state index in [2.05, 4.69) is 33.9 Å². The van der Waals surface area contributed by atoms with Crippen LogP contribution < -0.4 is 4.90 Å². The predicted octanol–water partition coefficient (Wildman–Crippen LogP) is 1.89. The number of aromatic nitrogens is 2. The van der Waals surface area contributed by atoms with Crippen LogP contribution in [0.5, 0.6) is 0 Å². The third kappa shape index (κ3) is 2.53. The van der Waals surface area contributed by atoms with E-state index < -0.39 is 0 Å². The van der Waals surface area contributed by atoms with Gasteiger partial charge in [-0.1, -0.05) is 11.6 Å². The lowest BCUT2D eigenvalue weighted by Crippen LogP contribution is -2.32. The topological polar surface area (TPSA) is 32.3 Å². The van der Waals surface area contributed by atoms with Crippen molar-refractivity contribution in [2.45, 2.75) is 26.3 Å². The third-order valence-corrected chi connectivity index (χ3v) is 3.73. The average Bonchev–Trinajstić information content (AvgIpc) is 2.72. The molecule has 2 rings (SSSR count). The van der Waals surface area contributed by atoms with Crippen LogP contribution in [0.25, 0.3) is 0 Å². The maximum Gasteiger partial charge on any atom is 0.137 e. The van der Waals surface area contributed by atoms with Crippen molar-refractivity contribution in [1.82, 2.24) is 14.9 Å². The van der Waals surface area contributed by atoms with Gasteiger partial charge in [0.2, 0.25) is 0 Å². The summed E-state index contributed by atoms with van der Waals surface area (Å²) < 4.78 is 0. The number of hydrogen-bond acceptors (Lipinski definition) is 4. The molecule has 0 amide bonds. The lowest BCUT2D eigenvalue weighted by Gasteiger charge is -2.22. The van der Waals surface area contributed by atoms with Gasteiger partial charge in [0.15, 0.2) is 0 Å². The van der Waals surface area contributed by atoms with Gasteiger partial charge in [-0.3, -0.25) is 0 Å². The number of hydrogen-bond donors (Lipinski definition) is 0. The van der Waals surface area contributed by atoms with Crippen LogP contribution in [-0.4, -0.2) is 48.1 Å². The molecule has 5 heteroatoms. The summed E-state index contributed by atoms with van der Waals surface area (Å²) in [6.45, 7) is 5.92. The number of rotatable bonds is 2. The van der Waals surface area contributed by atoms with Crippen molar-refractivity contribution >= 4 is 17.4 Å². The molecule has 0 spiro atoms. The fourth-order valence-electron chi connectivity index (χ4n) is 2.24. The SMILES string of the molecule is Cc1nc(Cl)c(C)c(N2CCC(N(C)C)C2)n1. The van der Waals surface area contributed by atoms with Gasteiger partial charge < -0.3 is 9.80 Å². The first-order valence-electron chi connectivity index (χ1n) is 5.91. The van der Waals surface area contributed by atoms with E-state index in [1.807, 2.05) is 13.8 Å². The van der Waals surface area contributed by atoms with Gasteiger partial charge in [-0.25, -0.2) is 9.97 Å². The van der Waals surface area contributed by atoms with Crippen LogP contribution in [0.3, 0.4) is 0 Å². The van der Waals surface area contributed by atoms with Gasteiger partial charge in [0.1, 0.15) is 16.8 Å². The zero-order valence-corrected chi connectivity index (χ0v) is 11.6. The number of anilines is 1. The molecule has 1 fully saturated rings. The van der Waals surface area contributed by atoms with Crippen LogP contribution in [0.4, 0.5) is 5.82 Å². The summed E-state index contributed by atoms with van der Waals surface area (Å²) in [5.41, 5.74) is 0.983. The molecule has 0 saturated carbocycles. The van der Waals surface area contributed by atoms with Crippen molar-refractivity contribution in [3.05, 3.63) is 16.5 Å². The van der Waals surface area contributed by atoms with E-state index in [0.717, 1.165) is 30.3 Å². The van der Waals surface area contributed by atoms with Crippen LogP contribution >= 0.6 is 11.6 Å². The lowest BCUT2D eigenvalue weighted by atomic mass is 10.2. The molecule has 1 unspecified atom stereocenters. The molecule has 4 nitrogen and oxygen atoms in total. The second kappa shape index (κ2) is 4.78. The summed E-state index contributed by atoms with van der Waals surface area (Å²) in [5.74, 6) is 1.73. The molecule has 1 aliphatic heterocycles. The van der Waals surface area contributed by atoms with E-state index in [1.54, 1.807) is 0 Å². The predicted molar refractivity (Wildman–Crippen MR) is 70.8 cm³/mol. The Morgan fingerprint density at radius 3 is 2.59 bits per heavy atom. The second-order valence-corrected chi connectivity index (χ2v) is 5.22. The van der Waals surface area contributed by atoms with Gasteiger partial charge in [-0.15, -0.1) is 0 Å². The fourth-order valence-corrected chi connectivity index (χ4v) is 2.45. The molecule has 0 bridgehead atoms. The van der Waals surface area contributed by atoms with Gasteiger partial charge in [-0.05, 0) is 34.4 Å². The van der Waals surface area contributed by atoms with Crippen molar-refractivity contribution in [2.75, 3.05) is 32.1 Å². The molecule has 0 aromatic carbocycles. The number of halogens is 1. The smallest absolute Gasteiger partial charge is 0.137 e. The molecule has 1 aliphatic rings. The Balaban J connectivity index is 2.24. The highest BCUT2D eigenvalue weighted by Gasteiger charge is 2.26. The average molecular weight is 255 g/mol. The molecule has 0 aliphatic carbocycles. The molecule has 17 heavy (non-hydrogen) atoms. The first-order chi connectivity index (χ1) is 7.99. The zero-order valence-electron chi connectivity index (χ0n) is 10.9. The Labute approximate surface area is 108 Å². The van der Waals surface area contributed by atoms with Crippen molar-refractivity contribution in [3.8, 4) is 0 Å². The quantitative estimate of drug-likeness (QED) is 0.755. The molecule has 1 saturated heterocycles. The monoisotopic (exact) mass is 254 g/mol. The summed E-state index contributed by atoms with van der Waals surface area (Å²) in [6, 6.07) is 0.600. The fraction of sp³-hybridized carbons (Fsp3) is 0.667. The maximum absolute atomic E-state index is 6.11. The Morgan fingerprint density at radius 1 is 1.29 bits per heavy atom. The van der Waals surface area contributed by atoms with E-state index in [4.69, 9.17) is 11.6 Å². The standard InChI is InChI=1S/C12H19ClN4/c1-8-11(13)14-9(2)15-12(8)17-6-5-10(7-17)16(3)4/h10H,5-7H2,1-4H3. The van der Waals surface area contributed by atoms with Gasteiger partial charge in [0.25, 0.3) is 0 Å². The molecule has 0 radical (unpaired) electrons. The van der Waals surface area contributed by atoms with Crippen LogP contribution in [-0.2, 0) is 0 Å². The molecule has 1 aromatic rings. The van der Waals surface area contributed by atoms with E-state index in [9.17, 15) is 0 Å². The normalized spacial score (nSPS) is 20.4. The van der Waals surface area contributed by atoms with Gasteiger partial charge >= 0.3 is 0 Å². The highest BCUT2D eigenvalue weighted by atomic mass is 35.5. The lowest BCUT2D eigenvalue weighted by molar-refractivity contribution is 0.315. The molecular formula is C12H19ClN4. The molecule has 94 valence electrons. The Kier molecular flexibility index (Phi) is 3.54. The summed E-state index contributed by atoms with van der Waals surface area (Å²) in [7, 11) is 4.25. The Morgan fingerprint density at radius 2 is 2.00 bits per heavy atom.